The third-order valence-corrected chi connectivity index (χ3v) is 8.18. The van der Waals surface area contributed by atoms with Crippen molar-refractivity contribution in [2.45, 2.75) is 51.1 Å². The van der Waals surface area contributed by atoms with Gasteiger partial charge in [0.25, 0.3) is 5.91 Å². The maximum Gasteiger partial charge on any atom is 0.254 e. The van der Waals surface area contributed by atoms with Gasteiger partial charge in [-0.2, -0.15) is 0 Å². The molecule has 1 amide bonds. The minimum Gasteiger partial charge on any atom is -0.378 e. The molecular formula is C29H33N3O2. The molecule has 5 heteroatoms. The number of pyridine rings is 1. The number of amides is 1. The van der Waals surface area contributed by atoms with E-state index in [1.165, 1.54) is 22.0 Å². The van der Waals surface area contributed by atoms with Gasteiger partial charge in [0.2, 0.25) is 0 Å². The van der Waals surface area contributed by atoms with E-state index in [1.807, 2.05) is 18.5 Å². The van der Waals surface area contributed by atoms with Crippen molar-refractivity contribution in [3.05, 3.63) is 71.5 Å². The summed E-state index contributed by atoms with van der Waals surface area (Å²) in [6.45, 7) is 5.40. The maximum absolute atomic E-state index is 13.8. The molecule has 5 nitrogen and oxygen atoms in total. The van der Waals surface area contributed by atoms with E-state index in [1.54, 1.807) is 0 Å². The Labute approximate surface area is 201 Å². The number of ether oxygens (including phenoxy) is 1. The van der Waals surface area contributed by atoms with Gasteiger partial charge in [-0.1, -0.05) is 24.3 Å². The fourth-order valence-electron chi connectivity index (χ4n) is 6.52. The number of hydrogen-bond acceptors (Lipinski definition) is 4. The van der Waals surface area contributed by atoms with E-state index < -0.39 is 0 Å². The van der Waals surface area contributed by atoms with Crippen LogP contribution in [0, 0.1) is 12.8 Å². The van der Waals surface area contributed by atoms with E-state index in [0.717, 1.165) is 69.5 Å². The molecule has 6 rings (SSSR count). The molecule has 34 heavy (non-hydrogen) atoms. The molecule has 3 saturated heterocycles. The molecule has 2 unspecified atom stereocenters. The van der Waals surface area contributed by atoms with Crippen molar-refractivity contribution < 1.29 is 9.53 Å². The predicted octanol–water partition coefficient (Wildman–Crippen LogP) is 5.01. The van der Waals surface area contributed by atoms with Gasteiger partial charge in [-0.15, -0.1) is 0 Å². The van der Waals surface area contributed by atoms with Gasteiger partial charge in [0, 0.05) is 54.2 Å². The smallest absolute Gasteiger partial charge is 0.254 e. The van der Waals surface area contributed by atoms with Crippen molar-refractivity contribution >= 4 is 22.4 Å². The van der Waals surface area contributed by atoms with Crippen LogP contribution in [0.1, 0.15) is 47.2 Å². The first-order chi connectivity index (χ1) is 16.7. The van der Waals surface area contributed by atoms with Crippen LogP contribution in [0.25, 0.3) is 10.8 Å². The topological polar surface area (TPSA) is 45.7 Å². The quantitative estimate of drug-likeness (QED) is 0.555. The zero-order chi connectivity index (χ0) is 23.1. The molecule has 2 bridgehead atoms. The minimum atomic E-state index is 0.233. The fraction of sp³-hybridized carbons (Fsp3) is 0.448. The first kappa shape index (κ1) is 21.6. The lowest BCUT2D eigenvalue weighted by Crippen LogP contribution is -2.47. The highest BCUT2D eigenvalue weighted by Crippen LogP contribution is 2.41. The van der Waals surface area contributed by atoms with Crippen LogP contribution in [0.2, 0.25) is 0 Å². The molecule has 3 aliphatic heterocycles. The number of morpholine rings is 1. The van der Waals surface area contributed by atoms with Crippen molar-refractivity contribution in [1.29, 1.82) is 0 Å². The summed E-state index contributed by atoms with van der Waals surface area (Å²) in [6, 6.07) is 15.8. The number of fused-ring (bicyclic) bond motifs is 3. The molecule has 0 saturated carbocycles. The summed E-state index contributed by atoms with van der Waals surface area (Å²) in [6.07, 6.45) is 9.39. The van der Waals surface area contributed by atoms with Gasteiger partial charge in [-0.3, -0.25) is 9.78 Å². The Morgan fingerprint density at radius 2 is 1.82 bits per heavy atom. The number of nitrogens with zero attached hydrogens (tertiary/aromatic N) is 3. The predicted molar refractivity (Wildman–Crippen MR) is 135 cm³/mol. The lowest BCUT2D eigenvalue weighted by atomic mass is 9.85. The third-order valence-electron chi connectivity index (χ3n) is 8.18. The van der Waals surface area contributed by atoms with Crippen LogP contribution in [0.3, 0.4) is 0 Å². The Kier molecular flexibility index (Phi) is 5.74. The van der Waals surface area contributed by atoms with Crippen LogP contribution in [-0.4, -0.2) is 54.2 Å². The summed E-state index contributed by atoms with van der Waals surface area (Å²) in [4.78, 5) is 22.6. The first-order valence-electron chi connectivity index (χ1n) is 12.7. The number of carbonyl (C=O) groups is 1. The lowest BCUT2D eigenvalue weighted by molar-refractivity contribution is 0.0524. The average Bonchev–Trinajstić information content (AvgIpc) is 3.14. The lowest BCUT2D eigenvalue weighted by Gasteiger charge is -2.40. The third kappa shape index (κ3) is 3.96. The number of anilines is 1. The van der Waals surface area contributed by atoms with Gasteiger partial charge in [-0.05, 0) is 79.7 Å². The van der Waals surface area contributed by atoms with E-state index >= 15 is 0 Å². The molecule has 4 heterocycles. The highest BCUT2D eigenvalue weighted by atomic mass is 16.5. The summed E-state index contributed by atoms with van der Waals surface area (Å²) in [5.74, 6) is 0.874. The molecule has 0 radical (unpaired) electrons. The highest BCUT2D eigenvalue weighted by Gasteiger charge is 2.43. The molecule has 1 aromatic heterocycles. The van der Waals surface area contributed by atoms with Crippen molar-refractivity contribution in [2.75, 3.05) is 31.2 Å². The first-order valence-corrected chi connectivity index (χ1v) is 12.7. The van der Waals surface area contributed by atoms with E-state index in [-0.39, 0.29) is 5.91 Å². The van der Waals surface area contributed by atoms with Gasteiger partial charge >= 0.3 is 0 Å². The molecular weight excluding hydrogens is 422 g/mol. The highest BCUT2D eigenvalue weighted by molar-refractivity contribution is 5.97. The second-order valence-electron chi connectivity index (χ2n) is 10.2. The fourth-order valence-corrected chi connectivity index (χ4v) is 6.52. The van der Waals surface area contributed by atoms with E-state index in [4.69, 9.17) is 4.74 Å². The average molecular weight is 456 g/mol. The largest absolute Gasteiger partial charge is 0.378 e. The van der Waals surface area contributed by atoms with Crippen LogP contribution in [0.15, 0.2) is 54.9 Å². The summed E-state index contributed by atoms with van der Waals surface area (Å²) >= 11 is 0. The molecule has 176 valence electrons. The molecule has 0 aliphatic carbocycles. The van der Waals surface area contributed by atoms with Crippen LogP contribution < -0.4 is 4.90 Å². The van der Waals surface area contributed by atoms with Crippen LogP contribution in [0.4, 0.5) is 5.69 Å². The van der Waals surface area contributed by atoms with Crippen LogP contribution >= 0.6 is 0 Å². The Balaban J connectivity index is 1.18. The normalized spacial score (nSPS) is 24.6. The van der Waals surface area contributed by atoms with E-state index in [2.05, 4.69) is 58.1 Å². The molecule has 3 aromatic rings. The van der Waals surface area contributed by atoms with Gasteiger partial charge in [0.15, 0.2) is 0 Å². The van der Waals surface area contributed by atoms with Gasteiger partial charge < -0.3 is 14.5 Å². The molecule has 0 spiro atoms. The molecule has 3 aliphatic rings. The molecule has 2 aromatic carbocycles. The van der Waals surface area contributed by atoms with Gasteiger partial charge in [-0.25, -0.2) is 0 Å². The number of rotatable bonds is 4. The van der Waals surface area contributed by atoms with E-state index in [9.17, 15) is 4.79 Å². The SMILES string of the molecule is Cc1c(C(=O)N2C3CCC2CC(Cc2ccc4cnccc4c2)C3)cccc1N1CCOCC1. The number of benzene rings is 2. The van der Waals surface area contributed by atoms with Gasteiger partial charge in [0.05, 0.1) is 13.2 Å². The van der Waals surface area contributed by atoms with Crippen molar-refractivity contribution in [3.8, 4) is 0 Å². The maximum atomic E-state index is 13.8. The zero-order valence-corrected chi connectivity index (χ0v) is 20.0. The van der Waals surface area contributed by atoms with Crippen molar-refractivity contribution in [2.24, 2.45) is 5.92 Å². The van der Waals surface area contributed by atoms with E-state index in [0.29, 0.717) is 18.0 Å². The Morgan fingerprint density at radius 1 is 1.03 bits per heavy atom. The monoisotopic (exact) mass is 455 g/mol. The van der Waals surface area contributed by atoms with Crippen LogP contribution in [-0.2, 0) is 11.2 Å². The molecule has 3 fully saturated rings. The summed E-state index contributed by atoms with van der Waals surface area (Å²) in [7, 11) is 0. The van der Waals surface area contributed by atoms with Crippen LogP contribution in [0.5, 0.6) is 0 Å². The van der Waals surface area contributed by atoms with Crippen molar-refractivity contribution in [3.63, 3.8) is 0 Å². The summed E-state index contributed by atoms with van der Waals surface area (Å²) in [5.41, 5.74) is 4.57. The van der Waals surface area contributed by atoms with Crippen molar-refractivity contribution in [1.82, 2.24) is 9.88 Å². The second kappa shape index (κ2) is 9.03. The molecule has 2 atom stereocenters. The zero-order valence-electron chi connectivity index (χ0n) is 20.0. The Morgan fingerprint density at radius 3 is 2.62 bits per heavy atom. The number of aromatic nitrogens is 1. The summed E-state index contributed by atoms with van der Waals surface area (Å²) in [5, 5.41) is 2.46. The standard InChI is InChI=1S/C29H33N3O2/c1-20-27(3-2-4-28(20)31-11-13-34-14-12-31)29(33)32-25-7-8-26(32)18-22(17-25)15-21-5-6-24-19-30-10-9-23(24)16-21/h2-6,9-10,16,19,22,25-26H,7-8,11-15,17-18H2,1H3. The number of hydrogen-bond donors (Lipinski definition) is 0. The summed E-state index contributed by atoms with van der Waals surface area (Å²) < 4.78 is 5.52. The molecule has 0 N–H and O–H groups in total. The van der Waals surface area contributed by atoms with Gasteiger partial charge in [0.1, 0.15) is 0 Å². The number of piperidine rings is 1. The minimum absolute atomic E-state index is 0.233. The number of carbonyl (C=O) groups excluding carboxylic acids is 1. The Hall–Kier alpha value is -2.92. The Bertz CT molecular complexity index is 1190. The second-order valence-corrected chi connectivity index (χ2v) is 10.2.